The Balaban J connectivity index is 2.43. The number of nitrogens with zero attached hydrogens (tertiary/aromatic N) is 1. The van der Waals surface area contributed by atoms with Gasteiger partial charge in [0.1, 0.15) is 17.4 Å². The summed E-state index contributed by atoms with van der Waals surface area (Å²) in [6.45, 7) is 1.75. The number of aromatic nitrogens is 1. The molecule has 2 aromatic rings. The number of hydrogen-bond donors (Lipinski definition) is 2. The SMILES string of the molecule is Cc1ccc(F)cc1Oc1cnc(N)cc1C(N)=O. The van der Waals surface area contributed by atoms with Crippen molar-refractivity contribution in [3.63, 3.8) is 0 Å². The van der Waals surface area contributed by atoms with Crippen LogP contribution >= 0.6 is 0 Å². The molecule has 0 radical (unpaired) electrons. The van der Waals surface area contributed by atoms with Crippen LogP contribution in [0.3, 0.4) is 0 Å². The summed E-state index contributed by atoms with van der Waals surface area (Å²) in [5.41, 5.74) is 11.5. The van der Waals surface area contributed by atoms with Gasteiger partial charge in [0.15, 0.2) is 5.75 Å². The van der Waals surface area contributed by atoms with Crippen LogP contribution in [0.2, 0.25) is 0 Å². The molecule has 1 aromatic heterocycles. The number of aryl methyl sites for hydroxylation is 1. The summed E-state index contributed by atoms with van der Waals surface area (Å²) in [6.07, 6.45) is 1.28. The smallest absolute Gasteiger partial charge is 0.252 e. The fraction of sp³-hybridized carbons (Fsp3) is 0.0769. The Morgan fingerprint density at radius 2 is 2.05 bits per heavy atom. The van der Waals surface area contributed by atoms with E-state index in [2.05, 4.69) is 4.98 Å². The molecule has 0 saturated carbocycles. The molecule has 0 aliphatic heterocycles. The Morgan fingerprint density at radius 3 is 2.74 bits per heavy atom. The van der Waals surface area contributed by atoms with E-state index in [0.717, 1.165) is 0 Å². The molecule has 0 aliphatic carbocycles. The number of halogens is 1. The van der Waals surface area contributed by atoms with Gasteiger partial charge >= 0.3 is 0 Å². The highest BCUT2D eigenvalue weighted by Gasteiger charge is 2.13. The third kappa shape index (κ3) is 2.79. The number of anilines is 1. The van der Waals surface area contributed by atoms with Crippen molar-refractivity contribution in [1.29, 1.82) is 0 Å². The van der Waals surface area contributed by atoms with Crippen LogP contribution in [-0.4, -0.2) is 10.9 Å². The molecule has 2 rings (SSSR count). The molecule has 0 atom stereocenters. The van der Waals surface area contributed by atoms with Crippen LogP contribution in [0.1, 0.15) is 15.9 Å². The molecule has 1 amide bonds. The second kappa shape index (κ2) is 4.93. The average Bonchev–Trinajstić information content (AvgIpc) is 2.35. The van der Waals surface area contributed by atoms with Gasteiger partial charge in [0, 0.05) is 6.07 Å². The first-order chi connectivity index (χ1) is 8.97. The van der Waals surface area contributed by atoms with Crippen LogP contribution in [0.5, 0.6) is 11.5 Å². The highest BCUT2D eigenvalue weighted by Crippen LogP contribution is 2.28. The minimum atomic E-state index is -0.696. The zero-order valence-electron chi connectivity index (χ0n) is 10.2. The van der Waals surface area contributed by atoms with E-state index < -0.39 is 11.7 Å². The van der Waals surface area contributed by atoms with E-state index in [0.29, 0.717) is 5.56 Å². The standard InChI is InChI=1S/C13H12FN3O2/c1-7-2-3-8(14)4-10(7)19-11-6-17-12(15)5-9(11)13(16)18/h2-6H,1H3,(H2,15,17)(H2,16,18). The van der Waals surface area contributed by atoms with Gasteiger partial charge in [-0.1, -0.05) is 6.07 Å². The van der Waals surface area contributed by atoms with Gasteiger partial charge in [0.2, 0.25) is 0 Å². The zero-order valence-corrected chi connectivity index (χ0v) is 10.2. The number of primary amides is 1. The monoisotopic (exact) mass is 261 g/mol. The molecule has 0 fully saturated rings. The van der Waals surface area contributed by atoms with Crippen LogP contribution in [-0.2, 0) is 0 Å². The molecule has 98 valence electrons. The van der Waals surface area contributed by atoms with Crippen molar-refractivity contribution in [2.75, 3.05) is 5.73 Å². The zero-order chi connectivity index (χ0) is 14.0. The normalized spacial score (nSPS) is 10.2. The second-order valence-electron chi connectivity index (χ2n) is 3.98. The number of carbonyl (C=O) groups is 1. The van der Waals surface area contributed by atoms with Gasteiger partial charge in [-0.2, -0.15) is 0 Å². The van der Waals surface area contributed by atoms with Crippen LogP contribution < -0.4 is 16.2 Å². The van der Waals surface area contributed by atoms with Crippen molar-refractivity contribution in [1.82, 2.24) is 4.98 Å². The second-order valence-corrected chi connectivity index (χ2v) is 3.98. The summed E-state index contributed by atoms with van der Waals surface area (Å²) in [5, 5.41) is 0. The largest absolute Gasteiger partial charge is 0.455 e. The molecule has 0 aliphatic rings. The van der Waals surface area contributed by atoms with Gasteiger partial charge in [-0.15, -0.1) is 0 Å². The quantitative estimate of drug-likeness (QED) is 0.884. The molecule has 1 aromatic carbocycles. The lowest BCUT2D eigenvalue weighted by atomic mass is 10.2. The average molecular weight is 261 g/mol. The minimum absolute atomic E-state index is 0.0937. The lowest BCUT2D eigenvalue weighted by Crippen LogP contribution is -2.13. The van der Waals surface area contributed by atoms with Gasteiger partial charge in [-0.05, 0) is 24.6 Å². The van der Waals surface area contributed by atoms with Gasteiger partial charge < -0.3 is 16.2 Å². The van der Waals surface area contributed by atoms with Gasteiger partial charge in [0.25, 0.3) is 5.91 Å². The number of nitrogen functional groups attached to an aromatic ring is 1. The number of nitrogens with two attached hydrogens (primary N) is 2. The Bertz CT molecular complexity index is 644. The molecule has 1 heterocycles. The van der Waals surface area contributed by atoms with Crippen molar-refractivity contribution >= 4 is 11.7 Å². The number of amides is 1. The van der Waals surface area contributed by atoms with Crippen molar-refractivity contribution in [3.05, 3.63) is 47.4 Å². The summed E-state index contributed by atoms with van der Waals surface area (Å²) in [7, 11) is 0. The summed E-state index contributed by atoms with van der Waals surface area (Å²) >= 11 is 0. The predicted octanol–water partition coefficient (Wildman–Crippen LogP) is 2.00. The number of rotatable bonds is 3. The first kappa shape index (κ1) is 12.8. The topological polar surface area (TPSA) is 91.2 Å². The first-order valence-corrected chi connectivity index (χ1v) is 5.46. The number of hydrogen-bond acceptors (Lipinski definition) is 4. The van der Waals surface area contributed by atoms with E-state index in [9.17, 15) is 9.18 Å². The number of pyridine rings is 1. The number of ether oxygens (including phenoxy) is 1. The third-order valence-corrected chi connectivity index (χ3v) is 2.52. The molecule has 0 spiro atoms. The fourth-order valence-corrected chi connectivity index (χ4v) is 1.54. The lowest BCUT2D eigenvalue weighted by Gasteiger charge is -2.11. The maximum atomic E-state index is 13.2. The summed E-state index contributed by atoms with van der Waals surface area (Å²) in [5.74, 6) is -0.565. The van der Waals surface area contributed by atoms with Crippen LogP contribution in [0.25, 0.3) is 0 Å². The highest BCUT2D eigenvalue weighted by atomic mass is 19.1. The van der Waals surface area contributed by atoms with Gasteiger partial charge in [0.05, 0.1) is 11.8 Å². The summed E-state index contributed by atoms with van der Waals surface area (Å²) in [4.78, 5) is 15.1. The molecule has 5 nitrogen and oxygen atoms in total. The molecule has 19 heavy (non-hydrogen) atoms. The Kier molecular flexibility index (Phi) is 3.33. The van der Waals surface area contributed by atoms with E-state index in [4.69, 9.17) is 16.2 Å². The first-order valence-electron chi connectivity index (χ1n) is 5.46. The van der Waals surface area contributed by atoms with E-state index in [1.165, 1.54) is 24.4 Å². The number of benzene rings is 1. The maximum Gasteiger partial charge on any atom is 0.252 e. The van der Waals surface area contributed by atoms with Crippen molar-refractivity contribution < 1.29 is 13.9 Å². The Hall–Kier alpha value is -2.63. The van der Waals surface area contributed by atoms with E-state index in [1.807, 2.05) is 0 Å². The van der Waals surface area contributed by atoms with Crippen molar-refractivity contribution in [3.8, 4) is 11.5 Å². The van der Waals surface area contributed by atoms with E-state index >= 15 is 0 Å². The van der Waals surface area contributed by atoms with Crippen LogP contribution in [0.15, 0.2) is 30.5 Å². The summed E-state index contributed by atoms with van der Waals surface area (Å²) in [6, 6.07) is 5.42. The lowest BCUT2D eigenvalue weighted by molar-refractivity contribution is 0.0998. The molecule has 6 heteroatoms. The minimum Gasteiger partial charge on any atom is -0.455 e. The third-order valence-electron chi connectivity index (χ3n) is 2.52. The summed E-state index contributed by atoms with van der Waals surface area (Å²) < 4.78 is 18.6. The predicted molar refractivity (Wildman–Crippen MR) is 68.4 cm³/mol. The van der Waals surface area contributed by atoms with Gasteiger partial charge in [-0.25, -0.2) is 9.37 Å². The van der Waals surface area contributed by atoms with E-state index in [-0.39, 0.29) is 22.9 Å². The molecule has 0 saturated heterocycles. The van der Waals surface area contributed by atoms with Gasteiger partial charge in [-0.3, -0.25) is 4.79 Å². The molecular weight excluding hydrogens is 249 g/mol. The van der Waals surface area contributed by atoms with Crippen LogP contribution in [0.4, 0.5) is 10.2 Å². The van der Waals surface area contributed by atoms with E-state index in [1.54, 1.807) is 13.0 Å². The Morgan fingerprint density at radius 1 is 1.32 bits per heavy atom. The fourth-order valence-electron chi connectivity index (χ4n) is 1.54. The molecular formula is C13H12FN3O2. The maximum absolute atomic E-state index is 13.2. The molecule has 4 N–H and O–H groups in total. The number of carbonyl (C=O) groups excluding carboxylic acids is 1. The molecule has 0 bridgehead atoms. The Labute approximate surface area is 109 Å². The molecule has 0 unspecified atom stereocenters. The highest BCUT2D eigenvalue weighted by molar-refractivity contribution is 5.96. The van der Waals surface area contributed by atoms with Crippen molar-refractivity contribution in [2.24, 2.45) is 5.73 Å². The van der Waals surface area contributed by atoms with Crippen LogP contribution in [0, 0.1) is 12.7 Å². The van der Waals surface area contributed by atoms with Crippen molar-refractivity contribution in [2.45, 2.75) is 6.92 Å².